The van der Waals surface area contributed by atoms with E-state index in [0.29, 0.717) is 6.42 Å². The summed E-state index contributed by atoms with van der Waals surface area (Å²) in [6, 6.07) is 0. The van der Waals surface area contributed by atoms with Crippen molar-refractivity contribution in [3.63, 3.8) is 0 Å². The molecule has 10 heteroatoms. The number of esters is 2. The van der Waals surface area contributed by atoms with Gasteiger partial charge in [-0.25, -0.2) is 4.57 Å². The lowest BCUT2D eigenvalue weighted by Gasteiger charge is -2.19. The number of ether oxygens (including phenoxy) is 2. The first kappa shape index (κ1) is 81.4. The molecule has 0 rings (SSSR count). The molecule has 0 bridgehead atoms. The maximum absolute atomic E-state index is 12.8. The second kappa shape index (κ2) is 69.5. The highest BCUT2D eigenvalue weighted by Gasteiger charge is 2.26. The number of hydrogen-bond donors (Lipinski definition) is 2. The van der Waals surface area contributed by atoms with Crippen LogP contribution in [0.5, 0.6) is 0 Å². The Balaban J connectivity index is 3.87. The molecule has 9 nitrogen and oxygen atoms in total. The molecular formula is C75H130NO8P. The van der Waals surface area contributed by atoms with Crippen molar-refractivity contribution in [2.24, 2.45) is 5.73 Å². The summed E-state index contributed by atoms with van der Waals surface area (Å²) in [7, 11) is -4.40. The number of hydrogen-bond acceptors (Lipinski definition) is 8. The second-order valence-corrected chi connectivity index (χ2v) is 24.4. The Kier molecular flexibility index (Phi) is 66.6. The molecule has 0 aromatic carbocycles. The molecule has 3 N–H and O–H groups in total. The summed E-state index contributed by atoms with van der Waals surface area (Å²) in [5, 5.41) is 0. The predicted molar refractivity (Wildman–Crippen MR) is 367 cm³/mol. The van der Waals surface area contributed by atoms with Gasteiger partial charge in [0.05, 0.1) is 13.2 Å². The Morgan fingerprint density at radius 1 is 0.353 bits per heavy atom. The van der Waals surface area contributed by atoms with Gasteiger partial charge in [0, 0.05) is 19.4 Å². The Bertz CT molecular complexity index is 1810. The van der Waals surface area contributed by atoms with Crippen molar-refractivity contribution in [1.29, 1.82) is 0 Å². The number of phosphoric ester groups is 1. The number of nitrogens with two attached hydrogens (primary N) is 1. The molecule has 0 aliphatic rings. The third kappa shape index (κ3) is 69.4. The first-order valence-corrected chi connectivity index (χ1v) is 36.5. The van der Waals surface area contributed by atoms with Crippen LogP contribution < -0.4 is 5.73 Å². The molecule has 0 radical (unpaired) electrons. The number of carbonyl (C=O) groups is 2. The van der Waals surface area contributed by atoms with Gasteiger partial charge >= 0.3 is 19.8 Å². The highest BCUT2D eigenvalue weighted by molar-refractivity contribution is 7.47. The van der Waals surface area contributed by atoms with Crippen molar-refractivity contribution >= 4 is 19.8 Å². The molecule has 0 heterocycles. The normalized spacial score (nSPS) is 13.7. The molecule has 0 aromatic rings. The molecule has 0 aliphatic heterocycles. The zero-order valence-corrected chi connectivity index (χ0v) is 55.7. The molecule has 2 atom stereocenters. The molecule has 0 saturated heterocycles. The Morgan fingerprint density at radius 3 is 0.906 bits per heavy atom. The summed E-state index contributed by atoms with van der Waals surface area (Å²) in [6.45, 7) is 3.54. The van der Waals surface area contributed by atoms with Crippen LogP contribution in [0.1, 0.15) is 309 Å². The van der Waals surface area contributed by atoms with E-state index in [1.807, 2.05) is 0 Å². The molecule has 0 aromatic heterocycles. The minimum atomic E-state index is -4.40. The summed E-state index contributed by atoms with van der Waals surface area (Å²) < 4.78 is 33.2. The van der Waals surface area contributed by atoms with E-state index in [0.717, 1.165) is 109 Å². The average molecular weight is 1200 g/mol. The molecule has 85 heavy (non-hydrogen) atoms. The Morgan fingerprint density at radius 2 is 0.612 bits per heavy atom. The van der Waals surface area contributed by atoms with Crippen LogP contribution in [0.15, 0.2) is 122 Å². The van der Waals surface area contributed by atoms with Gasteiger partial charge < -0.3 is 20.1 Å². The van der Waals surface area contributed by atoms with E-state index in [9.17, 15) is 19.0 Å². The van der Waals surface area contributed by atoms with E-state index >= 15 is 0 Å². The number of carbonyl (C=O) groups excluding carboxylic acids is 2. The fourth-order valence-corrected chi connectivity index (χ4v) is 10.5. The number of phosphoric acid groups is 1. The fraction of sp³-hybridized carbons (Fsp3) is 0.707. The van der Waals surface area contributed by atoms with Crippen LogP contribution in [-0.4, -0.2) is 49.3 Å². The molecule has 2 unspecified atom stereocenters. The summed E-state index contributed by atoms with van der Waals surface area (Å²) in [4.78, 5) is 35.4. The van der Waals surface area contributed by atoms with Crippen LogP contribution in [0, 0.1) is 0 Å². The SMILES string of the molecule is CC/C=C\C/C=C\C/C=C\C/C=C\C/C=C\C/C=C\CCCCCCCCCCCCC(=O)OC(COC(=O)CCCCCCCCCCCCCCCCCCCCCCCC/C=C\C/C=C\C/C=C\C/C=C\CC)COP(=O)(O)OCCN. The van der Waals surface area contributed by atoms with Crippen LogP contribution in [0.4, 0.5) is 0 Å². The molecule has 0 amide bonds. The number of rotatable bonds is 65. The highest BCUT2D eigenvalue weighted by atomic mass is 31.2. The lowest BCUT2D eigenvalue weighted by Crippen LogP contribution is -2.29. The molecule has 0 fully saturated rings. The first-order chi connectivity index (χ1) is 41.8. The quantitative estimate of drug-likeness (QED) is 0.0264. The standard InChI is InChI=1S/C75H130NO8P/c1-3-5-7-9-11-13-15-17-19-21-23-25-27-29-31-33-34-35-36-37-38-40-41-43-45-47-49-51-53-55-57-59-61-63-65-67-74(77)81-71-73(72-83-85(79,80)82-70-69-76)84-75(78)68-66-64-62-60-58-56-54-52-50-48-46-44-42-39-32-30-28-26-24-22-20-18-16-14-12-10-8-6-4-2/h5-8,11-14,17-20,23-26,30,32,42,44,73H,3-4,9-10,15-16,21-22,27-29,31,33-41,43,45-72,76H2,1-2H3,(H,79,80)/b7-5-,8-6-,13-11-,14-12-,19-17-,20-18-,25-23-,26-24-,32-30-,44-42-. The molecule has 488 valence electrons. The first-order valence-electron chi connectivity index (χ1n) is 35.0. The molecule has 0 aliphatic carbocycles. The van der Waals surface area contributed by atoms with E-state index in [-0.39, 0.29) is 38.6 Å². The second-order valence-electron chi connectivity index (χ2n) is 23.0. The van der Waals surface area contributed by atoms with Crippen LogP contribution in [0.3, 0.4) is 0 Å². The van der Waals surface area contributed by atoms with Crippen molar-refractivity contribution < 1.29 is 37.6 Å². The van der Waals surface area contributed by atoms with Crippen molar-refractivity contribution in [3.05, 3.63) is 122 Å². The van der Waals surface area contributed by atoms with Gasteiger partial charge in [-0.3, -0.25) is 18.6 Å². The lowest BCUT2D eigenvalue weighted by atomic mass is 10.0. The minimum Gasteiger partial charge on any atom is -0.462 e. The van der Waals surface area contributed by atoms with Crippen LogP contribution >= 0.6 is 7.82 Å². The van der Waals surface area contributed by atoms with Crippen molar-refractivity contribution in [2.75, 3.05) is 26.4 Å². The summed E-state index contributed by atoms with van der Waals surface area (Å²) in [6.07, 6.45) is 97.2. The van der Waals surface area contributed by atoms with E-state index in [4.69, 9.17) is 24.3 Å². The van der Waals surface area contributed by atoms with Crippen LogP contribution in [0.2, 0.25) is 0 Å². The van der Waals surface area contributed by atoms with Crippen molar-refractivity contribution in [3.8, 4) is 0 Å². The Hall–Kier alpha value is -3.59. The number of allylic oxidation sites excluding steroid dienone is 20. The lowest BCUT2D eigenvalue weighted by molar-refractivity contribution is -0.161. The Labute approximate surface area is 523 Å². The zero-order chi connectivity index (χ0) is 61.6. The third-order valence-corrected chi connectivity index (χ3v) is 15.8. The van der Waals surface area contributed by atoms with Gasteiger partial charge in [0.1, 0.15) is 6.61 Å². The summed E-state index contributed by atoms with van der Waals surface area (Å²) in [5.74, 6) is -0.826. The smallest absolute Gasteiger partial charge is 0.462 e. The van der Waals surface area contributed by atoms with Gasteiger partial charge in [0.2, 0.25) is 0 Å². The van der Waals surface area contributed by atoms with E-state index in [1.54, 1.807) is 0 Å². The maximum Gasteiger partial charge on any atom is 0.472 e. The minimum absolute atomic E-state index is 0.0491. The third-order valence-electron chi connectivity index (χ3n) is 14.8. The van der Waals surface area contributed by atoms with Gasteiger partial charge in [-0.15, -0.1) is 0 Å². The van der Waals surface area contributed by atoms with Crippen LogP contribution in [-0.2, 0) is 32.7 Å². The fourth-order valence-electron chi connectivity index (χ4n) is 9.75. The van der Waals surface area contributed by atoms with Gasteiger partial charge in [-0.05, 0) is 103 Å². The number of unbranched alkanes of at least 4 members (excludes halogenated alkanes) is 32. The monoisotopic (exact) mass is 1200 g/mol. The van der Waals surface area contributed by atoms with Crippen LogP contribution in [0.25, 0.3) is 0 Å². The van der Waals surface area contributed by atoms with Gasteiger partial charge in [0.15, 0.2) is 6.10 Å². The maximum atomic E-state index is 12.8. The largest absolute Gasteiger partial charge is 0.472 e. The molecule has 0 saturated carbocycles. The van der Waals surface area contributed by atoms with Crippen molar-refractivity contribution in [2.45, 2.75) is 315 Å². The highest BCUT2D eigenvalue weighted by Crippen LogP contribution is 2.43. The van der Waals surface area contributed by atoms with Gasteiger partial charge in [-0.1, -0.05) is 315 Å². The van der Waals surface area contributed by atoms with Crippen molar-refractivity contribution in [1.82, 2.24) is 0 Å². The van der Waals surface area contributed by atoms with Gasteiger partial charge in [-0.2, -0.15) is 0 Å². The molecule has 0 spiro atoms. The van der Waals surface area contributed by atoms with E-state index in [2.05, 4.69) is 135 Å². The predicted octanol–water partition coefficient (Wildman–Crippen LogP) is 23.1. The zero-order valence-electron chi connectivity index (χ0n) is 54.8. The summed E-state index contributed by atoms with van der Waals surface area (Å²) >= 11 is 0. The van der Waals surface area contributed by atoms with E-state index < -0.39 is 26.5 Å². The molecular weight excluding hydrogens is 1070 g/mol. The van der Waals surface area contributed by atoms with Gasteiger partial charge in [0.25, 0.3) is 0 Å². The average Bonchev–Trinajstić information content (AvgIpc) is 3.52. The summed E-state index contributed by atoms with van der Waals surface area (Å²) in [5.41, 5.74) is 5.40. The topological polar surface area (TPSA) is 134 Å². The van der Waals surface area contributed by atoms with E-state index in [1.165, 1.54) is 167 Å².